The van der Waals surface area contributed by atoms with Crippen molar-refractivity contribution >= 4 is 44.9 Å². The molecule has 162 valence electrons. The van der Waals surface area contributed by atoms with Crippen LogP contribution in [-0.2, 0) is 21.7 Å². The van der Waals surface area contributed by atoms with E-state index in [2.05, 4.69) is 26.1 Å². The first-order valence-electron chi connectivity index (χ1n) is 10.0. The molecule has 0 spiro atoms. The molecule has 1 amide bonds. The predicted octanol–water partition coefficient (Wildman–Crippen LogP) is 4.72. The molecule has 0 aromatic heterocycles. The first kappa shape index (κ1) is 22.9. The van der Waals surface area contributed by atoms with Crippen LogP contribution >= 0.6 is 15.9 Å². The predicted molar refractivity (Wildman–Crippen MR) is 123 cm³/mol. The lowest BCUT2D eigenvalue weighted by Gasteiger charge is -2.33. The minimum atomic E-state index is -1.02. The Morgan fingerprint density at radius 1 is 1.33 bits per heavy atom. The molecule has 1 aliphatic heterocycles. The topological polar surface area (TPSA) is 64.6 Å². The van der Waals surface area contributed by atoms with Gasteiger partial charge in [-0.3, -0.25) is 4.79 Å². The van der Waals surface area contributed by atoms with Crippen molar-refractivity contribution in [3.8, 4) is 5.75 Å². The molecular weight excluding hydrogens is 471 g/mol. The molecule has 5 nitrogen and oxygen atoms in total. The summed E-state index contributed by atoms with van der Waals surface area (Å²) < 4.78 is 33.2. The van der Waals surface area contributed by atoms with Crippen molar-refractivity contribution in [2.24, 2.45) is 5.92 Å². The van der Waals surface area contributed by atoms with E-state index in [1.54, 1.807) is 6.07 Å². The average molecular weight is 497 g/mol. The van der Waals surface area contributed by atoms with Crippen molar-refractivity contribution in [1.82, 2.24) is 0 Å². The van der Waals surface area contributed by atoms with Crippen LogP contribution in [0.1, 0.15) is 25.3 Å². The smallest absolute Gasteiger partial charge is 0.211 e. The Morgan fingerprint density at radius 2 is 2.10 bits per heavy atom. The Morgan fingerprint density at radius 3 is 2.77 bits per heavy atom. The lowest BCUT2D eigenvalue weighted by molar-refractivity contribution is -0.105. The number of ether oxygens (including phenoxy) is 1. The highest BCUT2D eigenvalue weighted by molar-refractivity contribution is 9.10. The summed E-state index contributed by atoms with van der Waals surface area (Å²) in [5.74, 6) is 1.67. The Hall–Kier alpha value is -1.77. The number of amides is 1. The summed E-state index contributed by atoms with van der Waals surface area (Å²) >= 11 is 2.27. The second kappa shape index (κ2) is 11.0. The van der Waals surface area contributed by atoms with E-state index in [1.807, 2.05) is 31.2 Å². The number of carbonyl (C=O) groups excluding carboxylic acids is 1. The van der Waals surface area contributed by atoms with E-state index >= 15 is 0 Å². The van der Waals surface area contributed by atoms with Crippen LogP contribution in [0.25, 0.3) is 0 Å². The van der Waals surface area contributed by atoms with Crippen LogP contribution in [0, 0.1) is 11.7 Å². The van der Waals surface area contributed by atoms with E-state index < -0.39 is 11.2 Å². The van der Waals surface area contributed by atoms with Crippen LogP contribution in [-0.4, -0.2) is 36.4 Å². The molecule has 1 aliphatic rings. The lowest BCUT2D eigenvalue weighted by Crippen LogP contribution is -2.36. The lowest BCUT2D eigenvalue weighted by atomic mass is 9.97. The molecule has 0 bridgehead atoms. The molecular formula is C22H26BrFN2O3S. The van der Waals surface area contributed by atoms with Crippen LogP contribution in [0.3, 0.4) is 0 Å². The number of piperidine rings is 1. The zero-order chi connectivity index (χ0) is 21.5. The van der Waals surface area contributed by atoms with Gasteiger partial charge in [0.25, 0.3) is 0 Å². The van der Waals surface area contributed by atoms with E-state index in [0.717, 1.165) is 36.0 Å². The molecule has 1 N–H and O–H groups in total. The van der Waals surface area contributed by atoms with Crippen molar-refractivity contribution in [2.45, 2.75) is 25.5 Å². The molecule has 0 radical (unpaired) electrons. The maximum atomic E-state index is 14.2. The van der Waals surface area contributed by atoms with E-state index in [9.17, 15) is 13.7 Å². The molecule has 8 heteroatoms. The fourth-order valence-electron chi connectivity index (χ4n) is 3.60. The van der Waals surface area contributed by atoms with E-state index in [1.165, 1.54) is 6.07 Å². The summed E-state index contributed by atoms with van der Waals surface area (Å²) in [6.45, 7) is 3.94. The van der Waals surface area contributed by atoms with Gasteiger partial charge in [0.2, 0.25) is 6.41 Å². The molecule has 1 fully saturated rings. The van der Waals surface area contributed by atoms with Crippen molar-refractivity contribution in [3.63, 3.8) is 0 Å². The number of benzene rings is 2. The van der Waals surface area contributed by atoms with Gasteiger partial charge in [0.15, 0.2) is 0 Å². The van der Waals surface area contributed by atoms with Gasteiger partial charge in [0.05, 0.1) is 23.5 Å². The van der Waals surface area contributed by atoms with E-state index in [-0.39, 0.29) is 5.82 Å². The summed E-state index contributed by atoms with van der Waals surface area (Å²) in [5, 5.41) is 2.68. The van der Waals surface area contributed by atoms with Crippen LogP contribution in [0.4, 0.5) is 15.8 Å². The fourth-order valence-corrected chi connectivity index (χ4v) is 4.75. The third-order valence-electron chi connectivity index (χ3n) is 5.31. The van der Waals surface area contributed by atoms with Crippen molar-refractivity contribution in [3.05, 3.63) is 52.3 Å². The molecule has 0 aliphatic carbocycles. The number of rotatable bonds is 9. The number of hydrogen-bond acceptors (Lipinski definition) is 4. The normalized spacial score (nSPS) is 15.7. The van der Waals surface area contributed by atoms with Gasteiger partial charge in [0.1, 0.15) is 23.1 Å². The minimum Gasteiger partial charge on any atom is -0.616 e. The fraction of sp³-hybridized carbons (Fsp3) is 0.409. The maximum absolute atomic E-state index is 14.2. The number of halogens is 2. The van der Waals surface area contributed by atoms with E-state index in [4.69, 9.17) is 4.74 Å². The number of hydrogen-bond donors (Lipinski definition) is 1. The number of nitrogens with zero attached hydrogens (tertiary/aromatic N) is 1. The minimum absolute atomic E-state index is 0.216. The second-order valence-corrected chi connectivity index (χ2v) is 9.92. The Kier molecular flexibility index (Phi) is 8.41. The summed E-state index contributed by atoms with van der Waals surface area (Å²) in [4.78, 5) is 13.0. The van der Waals surface area contributed by atoms with Crippen molar-refractivity contribution in [1.29, 1.82) is 0 Å². The van der Waals surface area contributed by atoms with Gasteiger partial charge >= 0.3 is 0 Å². The Labute approximate surface area is 188 Å². The van der Waals surface area contributed by atoms with Crippen LogP contribution in [0.5, 0.6) is 5.75 Å². The highest BCUT2D eigenvalue weighted by Crippen LogP contribution is 2.31. The van der Waals surface area contributed by atoms with Crippen molar-refractivity contribution < 1.29 is 18.5 Å². The summed E-state index contributed by atoms with van der Waals surface area (Å²) in [7, 11) is 0. The summed E-state index contributed by atoms with van der Waals surface area (Å²) in [6, 6.07) is 10.6. The first-order valence-corrected chi connectivity index (χ1v) is 12.3. The average Bonchev–Trinajstić information content (AvgIpc) is 2.74. The van der Waals surface area contributed by atoms with Crippen molar-refractivity contribution in [2.75, 3.05) is 35.7 Å². The third kappa shape index (κ3) is 5.89. The molecule has 1 unspecified atom stereocenters. The first-order chi connectivity index (χ1) is 14.5. The molecule has 1 atom stereocenters. The van der Waals surface area contributed by atoms with Crippen LogP contribution in [0.15, 0.2) is 40.9 Å². The molecule has 1 heterocycles. The van der Waals surface area contributed by atoms with Gasteiger partial charge in [0, 0.05) is 17.6 Å². The summed E-state index contributed by atoms with van der Waals surface area (Å²) in [6.07, 6.45) is 2.42. The molecule has 3 rings (SSSR count). The quantitative estimate of drug-likeness (QED) is 0.402. The van der Waals surface area contributed by atoms with Gasteiger partial charge in [-0.25, -0.2) is 4.39 Å². The van der Waals surface area contributed by atoms with Crippen LogP contribution in [0.2, 0.25) is 0 Å². The van der Waals surface area contributed by atoms with Crippen LogP contribution < -0.4 is 15.0 Å². The number of nitrogens with one attached hydrogen (secondary N) is 1. The molecule has 0 saturated carbocycles. The monoisotopic (exact) mass is 496 g/mol. The second-order valence-electron chi connectivity index (χ2n) is 7.25. The zero-order valence-corrected chi connectivity index (χ0v) is 19.3. The third-order valence-corrected chi connectivity index (χ3v) is 7.06. The standard InChI is InChI=1S/C22H26BrFN2O3S/c1-2-30(28)14-18-20(25-15-27)4-3-5-22(18)29-13-16-8-10-26(11-9-16)21-7-6-17(23)12-19(21)24/h3-7,12,15-16H,2,8-11,13-14H2,1H3,(H,25,27). The maximum Gasteiger partial charge on any atom is 0.211 e. The highest BCUT2D eigenvalue weighted by atomic mass is 79.9. The highest BCUT2D eigenvalue weighted by Gasteiger charge is 2.23. The zero-order valence-electron chi connectivity index (χ0n) is 16.9. The Balaban J connectivity index is 1.61. The SMILES string of the molecule is CC[S+]([O-])Cc1c(NC=O)cccc1OCC1CCN(c2ccc(Br)cc2F)CC1. The number of carbonyl (C=O) groups is 1. The molecule has 30 heavy (non-hydrogen) atoms. The van der Waals surface area contributed by atoms with Gasteiger partial charge in [-0.05, 0) is 67.2 Å². The van der Waals surface area contributed by atoms with Gasteiger partial charge < -0.3 is 19.5 Å². The van der Waals surface area contributed by atoms with Gasteiger partial charge in [-0.15, -0.1) is 0 Å². The molecule has 2 aromatic rings. The molecule has 1 saturated heterocycles. The number of anilines is 2. The van der Waals surface area contributed by atoms with Gasteiger partial charge in [-0.2, -0.15) is 0 Å². The Bertz CT molecular complexity index is 862. The molecule has 2 aromatic carbocycles. The largest absolute Gasteiger partial charge is 0.616 e. The van der Waals surface area contributed by atoms with Gasteiger partial charge in [-0.1, -0.05) is 22.0 Å². The van der Waals surface area contributed by atoms with E-state index in [0.29, 0.717) is 47.6 Å². The summed E-state index contributed by atoms with van der Waals surface area (Å²) in [5.41, 5.74) is 2.03.